The lowest BCUT2D eigenvalue weighted by Gasteiger charge is -2.47. The van der Waals surface area contributed by atoms with Crippen molar-refractivity contribution in [3.8, 4) is 28.7 Å². The Morgan fingerprint density at radius 1 is 1.19 bits per heavy atom. The summed E-state index contributed by atoms with van der Waals surface area (Å²) in [5, 5.41) is 13.3. The number of likely N-dealkylation sites (tertiary alicyclic amines) is 2. The van der Waals surface area contributed by atoms with Gasteiger partial charge in [-0.2, -0.15) is 10.2 Å². The minimum Gasteiger partial charge on any atom is -0.495 e. The molecule has 0 saturated carbocycles. The van der Waals surface area contributed by atoms with E-state index in [4.69, 9.17) is 37.4 Å². The second-order valence-corrected chi connectivity index (χ2v) is 12.5. The summed E-state index contributed by atoms with van der Waals surface area (Å²) < 4.78 is 45.0. The fourth-order valence-corrected chi connectivity index (χ4v) is 6.19. The molecule has 0 spiro atoms. The van der Waals surface area contributed by atoms with Crippen molar-refractivity contribution in [2.45, 2.75) is 38.0 Å². The molecule has 2 aromatic heterocycles. The number of amides is 1. The van der Waals surface area contributed by atoms with Crippen LogP contribution in [0.3, 0.4) is 0 Å². The van der Waals surface area contributed by atoms with E-state index in [-0.39, 0.29) is 70.6 Å². The number of methoxy groups -OCH3 is 2. The van der Waals surface area contributed by atoms with Crippen LogP contribution in [0.15, 0.2) is 34.8 Å². The Balaban J connectivity index is 1.33. The Kier molecular flexibility index (Phi) is 9.66. The average Bonchev–Trinajstić information content (AvgIpc) is 3.00. The number of hydrogen-bond donors (Lipinski definition) is 1. The van der Waals surface area contributed by atoms with Gasteiger partial charge in [-0.05, 0) is 26.0 Å². The number of nitrogens with zero attached hydrogens (tertiary/aromatic N) is 6. The smallest absolute Gasteiger partial charge is 0.273 e. The van der Waals surface area contributed by atoms with Crippen molar-refractivity contribution in [1.29, 1.82) is 5.26 Å². The molecule has 4 heterocycles. The number of nitriles is 1. The first-order valence-electron chi connectivity index (χ1n) is 14.6. The third-order valence-electron chi connectivity index (χ3n) is 8.21. The zero-order chi connectivity index (χ0) is 34.3. The van der Waals surface area contributed by atoms with Crippen molar-refractivity contribution < 1.29 is 27.8 Å². The number of carbonyl (C=O) groups excluding carboxylic acids is 1. The lowest BCUT2D eigenvalue weighted by atomic mass is 9.93. The number of anilines is 1. The molecule has 2 aliphatic heterocycles. The number of pyridine rings is 1. The molecule has 0 aliphatic carbocycles. The fourth-order valence-electron chi connectivity index (χ4n) is 5.48. The molecule has 2 saturated heterocycles. The van der Waals surface area contributed by atoms with Gasteiger partial charge in [0.25, 0.3) is 17.4 Å². The lowest BCUT2D eigenvalue weighted by Crippen LogP contribution is -2.63. The van der Waals surface area contributed by atoms with E-state index in [1.165, 1.54) is 40.7 Å². The molecule has 2 fully saturated rings. The number of nitrogens with one attached hydrogen (secondary N) is 1. The van der Waals surface area contributed by atoms with Crippen molar-refractivity contribution in [2.24, 2.45) is 0 Å². The highest BCUT2D eigenvalue weighted by molar-refractivity contribution is 6.41. The van der Waals surface area contributed by atoms with E-state index in [0.717, 1.165) is 0 Å². The highest BCUT2D eigenvalue weighted by Crippen LogP contribution is 2.45. The van der Waals surface area contributed by atoms with Crippen LogP contribution in [0.1, 0.15) is 13.8 Å². The Morgan fingerprint density at radius 3 is 2.38 bits per heavy atom. The molecule has 0 bridgehead atoms. The minimum absolute atomic E-state index is 0.0855. The van der Waals surface area contributed by atoms with Crippen LogP contribution >= 0.6 is 23.2 Å². The summed E-state index contributed by atoms with van der Waals surface area (Å²) in [4.78, 5) is 38.8. The summed E-state index contributed by atoms with van der Waals surface area (Å²) in [5.41, 5.74) is -0.714. The van der Waals surface area contributed by atoms with Gasteiger partial charge >= 0.3 is 0 Å². The summed E-state index contributed by atoms with van der Waals surface area (Å²) in [5.74, 6) is -2.43. The molecule has 250 valence electrons. The van der Waals surface area contributed by atoms with E-state index < -0.39 is 36.0 Å². The van der Waals surface area contributed by atoms with Gasteiger partial charge in [-0.25, -0.2) is 13.8 Å². The van der Waals surface area contributed by atoms with E-state index >= 15 is 0 Å². The third kappa shape index (κ3) is 6.71. The van der Waals surface area contributed by atoms with E-state index in [1.54, 1.807) is 33.2 Å². The number of carbonyl (C=O) groups is 1. The molecule has 2 aliphatic rings. The predicted molar refractivity (Wildman–Crippen MR) is 173 cm³/mol. The molecule has 0 radical (unpaired) electrons. The largest absolute Gasteiger partial charge is 0.495 e. The predicted octanol–water partition coefficient (Wildman–Crippen LogP) is 4.23. The zero-order valence-electron chi connectivity index (χ0n) is 26.4. The lowest BCUT2D eigenvalue weighted by molar-refractivity contribution is -0.155. The molecule has 0 atom stereocenters. The van der Waals surface area contributed by atoms with E-state index in [1.807, 2.05) is 6.07 Å². The van der Waals surface area contributed by atoms with Crippen molar-refractivity contribution in [3.63, 3.8) is 0 Å². The highest BCUT2D eigenvalue weighted by atomic mass is 35.5. The quantitative estimate of drug-likeness (QED) is 0.230. The first kappa shape index (κ1) is 34.3. The van der Waals surface area contributed by atoms with Crippen LogP contribution < -0.4 is 20.3 Å². The molecule has 0 unspecified atom stereocenters. The Morgan fingerprint density at radius 2 is 1.83 bits per heavy atom. The van der Waals surface area contributed by atoms with Gasteiger partial charge in [-0.15, -0.1) is 0 Å². The monoisotopic (exact) mass is 691 g/mol. The average molecular weight is 693 g/mol. The molecular weight excluding hydrogens is 659 g/mol. The normalized spacial score (nSPS) is 16.8. The number of aromatic nitrogens is 3. The van der Waals surface area contributed by atoms with Crippen LogP contribution in [0.5, 0.6) is 11.5 Å². The Bertz CT molecular complexity index is 1820. The molecule has 1 N–H and O–H groups in total. The SMILES string of the molecule is CNc1ncc2cc(-c3c(Cl)c(OC)cc(OC)c3Cl)c(=O)n(CCOC3CN(C(=O)/C(C#N)=C\C(C)(C)N4CC(F)(F)C4)C3)c2n1. The summed E-state index contributed by atoms with van der Waals surface area (Å²) in [6.07, 6.45) is 2.65. The number of hydrogen-bond acceptors (Lipinski definition) is 10. The van der Waals surface area contributed by atoms with Gasteiger partial charge in [0.15, 0.2) is 0 Å². The first-order valence-corrected chi connectivity index (χ1v) is 15.3. The van der Waals surface area contributed by atoms with E-state index in [2.05, 4.69) is 15.3 Å². The number of halogens is 4. The summed E-state index contributed by atoms with van der Waals surface area (Å²) in [6, 6.07) is 5.04. The fraction of sp³-hybridized carbons (Fsp3) is 0.452. The number of alkyl halides is 2. The zero-order valence-corrected chi connectivity index (χ0v) is 27.9. The number of fused-ring (bicyclic) bond motifs is 1. The van der Waals surface area contributed by atoms with Gasteiger partial charge in [0.05, 0.1) is 62.2 Å². The van der Waals surface area contributed by atoms with E-state index in [0.29, 0.717) is 17.0 Å². The Labute approximate surface area is 279 Å². The van der Waals surface area contributed by atoms with Crippen molar-refractivity contribution >= 4 is 46.1 Å². The van der Waals surface area contributed by atoms with Gasteiger partial charge in [-0.3, -0.25) is 19.1 Å². The third-order valence-corrected chi connectivity index (χ3v) is 8.96. The van der Waals surface area contributed by atoms with Crippen LogP contribution in [-0.4, -0.2) is 102 Å². The highest BCUT2D eigenvalue weighted by Gasteiger charge is 2.49. The molecule has 12 nitrogen and oxygen atoms in total. The molecule has 16 heteroatoms. The molecular formula is C31H33Cl2F2N7O5. The summed E-state index contributed by atoms with van der Waals surface area (Å²) in [6.45, 7) is 3.12. The maximum Gasteiger partial charge on any atom is 0.273 e. The molecule has 5 rings (SSSR count). The maximum absolute atomic E-state index is 14.0. The number of benzene rings is 1. The van der Waals surface area contributed by atoms with Gasteiger partial charge in [0.1, 0.15) is 28.8 Å². The van der Waals surface area contributed by atoms with Crippen LogP contribution in [0.25, 0.3) is 22.2 Å². The van der Waals surface area contributed by atoms with Crippen LogP contribution in [0, 0.1) is 11.3 Å². The van der Waals surface area contributed by atoms with Crippen LogP contribution in [-0.2, 0) is 16.1 Å². The molecule has 3 aromatic rings. The van der Waals surface area contributed by atoms with Crippen LogP contribution in [0.4, 0.5) is 14.7 Å². The van der Waals surface area contributed by atoms with Crippen molar-refractivity contribution in [3.05, 3.63) is 50.4 Å². The molecule has 1 aromatic carbocycles. The summed E-state index contributed by atoms with van der Waals surface area (Å²) in [7, 11) is 4.53. The standard InChI is InChI=1S/C31H33Cl2F2N7O5/c1-30(2,41-15-31(34,35)16-41)10-18(11-36)27(43)40-13-19(14-40)47-7-6-42-26-17(12-38-29(37-3)39-26)8-20(28(42)44)23-24(32)21(45-4)9-22(46-5)25(23)33/h8-10,12,19H,6-7,13-16H2,1-5H3,(H,37,38,39)/b18-10-. The number of ether oxygens (including phenoxy) is 3. The van der Waals surface area contributed by atoms with Crippen LogP contribution in [0.2, 0.25) is 10.0 Å². The van der Waals surface area contributed by atoms with Crippen molar-refractivity contribution in [1.82, 2.24) is 24.3 Å². The van der Waals surface area contributed by atoms with Gasteiger partial charge < -0.3 is 24.4 Å². The number of rotatable bonds is 11. The second-order valence-electron chi connectivity index (χ2n) is 11.8. The summed E-state index contributed by atoms with van der Waals surface area (Å²) >= 11 is 13.3. The first-order chi connectivity index (χ1) is 22.2. The van der Waals surface area contributed by atoms with Gasteiger partial charge in [0, 0.05) is 48.9 Å². The maximum atomic E-state index is 14.0. The molecule has 1 amide bonds. The van der Waals surface area contributed by atoms with Gasteiger partial charge in [-0.1, -0.05) is 23.2 Å². The minimum atomic E-state index is -2.77. The topological polar surface area (TPSA) is 135 Å². The Hall–Kier alpha value is -4.03. The second kappa shape index (κ2) is 13.2. The van der Waals surface area contributed by atoms with Gasteiger partial charge in [0.2, 0.25) is 5.95 Å². The van der Waals surface area contributed by atoms with Crippen molar-refractivity contribution in [2.75, 3.05) is 59.4 Å². The molecule has 47 heavy (non-hydrogen) atoms. The van der Waals surface area contributed by atoms with E-state index in [9.17, 15) is 23.6 Å².